The molecule has 0 bridgehead atoms. The minimum absolute atomic E-state index is 0.189. The van der Waals surface area contributed by atoms with Gasteiger partial charge in [0.2, 0.25) is 0 Å². The predicted molar refractivity (Wildman–Crippen MR) is 128 cm³/mol. The molecule has 1 aliphatic heterocycles. The van der Waals surface area contributed by atoms with E-state index < -0.39 is 24.3 Å². The van der Waals surface area contributed by atoms with Gasteiger partial charge in [0.05, 0.1) is 18.1 Å². The van der Waals surface area contributed by atoms with Crippen LogP contribution in [0.4, 0.5) is 20.8 Å². The normalized spacial score (nSPS) is 26.1. The number of aromatic nitrogens is 5. The highest BCUT2D eigenvalue weighted by Gasteiger charge is 2.43. The first-order valence-electron chi connectivity index (χ1n) is 12.5. The maximum atomic E-state index is 15.2. The van der Waals surface area contributed by atoms with Crippen LogP contribution in [0.15, 0.2) is 24.5 Å². The molecule has 1 amide bonds. The van der Waals surface area contributed by atoms with E-state index in [-0.39, 0.29) is 5.54 Å². The molecule has 4 N–H and O–H groups in total. The highest BCUT2D eigenvalue weighted by atomic mass is 19.1. The van der Waals surface area contributed by atoms with Crippen molar-refractivity contribution in [3.8, 4) is 0 Å². The Morgan fingerprint density at radius 1 is 1.26 bits per heavy atom. The number of halogens is 1. The molecule has 11 heteroatoms. The molecule has 10 nitrogen and oxygen atoms in total. The number of aromatic amines is 1. The number of anilines is 2. The van der Waals surface area contributed by atoms with E-state index in [0.29, 0.717) is 36.1 Å². The first kappa shape index (κ1) is 22.3. The topological polar surface area (TPSA) is 121 Å². The molecule has 186 valence electrons. The summed E-state index contributed by atoms with van der Waals surface area (Å²) in [6, 6.07) is 3.72. The van der Waals surface area contributed by atoms with Crippen LogP contribution in [-0.2, 0) is 4.74 Å². The van der Waals surface area contributed by atoms with Gasteiger partial charge in [-0.15, -0.1) is 0 Å². The second-order valence-corrected chi connectivity index (χ2v) is 10.3. The van der Waals surface area contributed by atoms with Crippen LogP contribution in [0, 0.1) is 0 Å². The van der Waals surface area contributed by atoms with Gasteiger partial charge in [0.15, 0.2) is 11.6 Å². The molecule has 3 aromatic heterocycles. The maximum absolute atomic E-state index is 15.2. The Morgan fingerprint density at radius 3 is 2.89 bits per heavy atom. The smallest absolute Gasteiger partial charge is 0.407 e. The van der Waals surface area contributed by atoms with Gasteiger partial charge in [-0.1, -0.05) is 0 Å². The molecule has 3 atom stereocenters. The first-order valence-corrected chi connectivity index (χ1v) is 12.5. The molecule has 3 aromatic rings. The third kappa shape index (κ3) is 4.56. The Hall–Kier alpha value is -3.21. The van der Waals surface area contributed by atoms with Gasteiger partial charge in [-0.25, -0.2) is 18.7 Å². The zero-order chi connectivity index (χ0) is 24.0. The molecular weight excluding hydrogens is 451 g/mol. The highest BCUT2D eigenvalue weighted by molar-refractivity contribution is 5.72. The molecule has 6 rings (SSSR count). The van der Waals surface area contributed by atoms with Gasteiger partial charge in [-0.05, 0) is 64.6 Å². The van der Waals surface area contributed by atoms with Crippen LogP contribution < -0.4 is 16.0 Å². The highest BCUT2D eigenvalue weighted by Crippen LogP contribution is 2.39. The SMILES string of the molecule is CC1(NC(=O)O[C@H]2CC[C@@H](c3cc(Nc4nc(C5CCNCC5)cn5nccc45)n[nH]3)[C@@H]2F)CC1. The molecule has 35 heavy (non-hydrogen) atoms. The van der Waals surface area contributed by atoms with Crippen molar-refractivity contribution in [2.75, 3.05) is 18.4 Å². The molecule has 2 aliphatic carbocycles. The van der Waals surface area contributed by atoms with E-state index in [1.165, 1.54) is 0 Å². The monoisotopic (exact) mass is 482 g/mol. The number of hydrogen-bond acceptors (Lipinski definition) is 7. The van der Waals surface area contributed by atoms with E-state index in [2.05, 4.69) is 31.2 Å². The Kier molecular flexibility index (Phi) is 5.58. The summed E-state index contributed by atoms with van der Waals surface area (Å²) in [4.78, 5) is 17.0. The summed E-state index contributed by atoms with van der Waals surface area (Å²) in [6.45, 7) is 3.92. The van der Waals surface area contributed by atoms with Crippen LogP contribution in [0.25, 0.3) is 5.52 Å². The molecule has 0 radical (unpaired) electrons. The third-order valence-corrected chi connectivity index (χ3v) is 7.57. The molecule has 4 heterocycles. The number of piperidine rings is 1. The van der Waals surface area contributed by atoms with Crippen molar-refractivity contribution in [2.24, 2.45) is 0 Å². The van der Waals surface area contributed by atoms with Crippen LogP contribution in [0.3, 0.4) is 0 Å². The number of carbonyl (C=O) groups is 1. The number of alkyl halides is 1. The van der Waals surface area contributed by atoms with E-state index in [9.17, 15) is 4.79 Å². The van der Waals surface area contributed by atoms with E-state index in [4.69, 9.17) is 9.72 Å². The lowest BCUT2D eigenvalue weighted by atomic mass is 9.95. The number of fused-ring (bicyclic) bond motifs is 1. The lowest BCUT2D eigenvalue weighted by Crippen LogP contribution is -2.38. The summed E-state index contributed by atoms with van der Waals surface area (Å²) in [5.74, 6) is 1.21. The van der Waals surface area contributed by atoms with Crippen LogP contribution in [-0.4, -0.2) is 61.8 Å². The fourth-order valence-electron chi connectivity index (χ4n) is 5.16. The van der Waals surface area contributed by atoms with Crippen molar-refractivity contribution in [2.45, 2.75) is 75.1 Å². The van der Waals surface area contributed by atoms with Crippen LogP contribution >= 0.6 is 0 Å². The number of H-pyrrole nitrogens is 1. The Morgan fingerprint density at radius 2 is 2.09 bits per heavy atom. The number of hydrogen-bond donors (Lipinski definition) is 4. The van der Waals surface area contributed by atoms with E-state index >= 15 is 4.39 Å². The zero-order valence-electron chi connectivity index (χ0n) is 19.8. The van der Waals surface area contributed by atoms with Crippen molar-refractivity contribution < 1.29 is 13.9 Å². The zero-order valence-corrected chi connectivity index (χ0v) is 19.8. The molecule has 2 saturated carbocycles. The van der Waals surface area contributed by atoms with Crippen LogP contribution in [0.5, 0.6) is 0 Å². The molecule has 3 aliphatic rings. The van der Waals surface area contributed by atoms with Crippen molar-refractivity contribution >= 4 is 23.2 Å². The molecule has 0 aromatic carbocycles. The number of amides is 1. The predicted octanol–water partition coefficient (Wildman–Crippen LogP) is 3.53. The summed E-state index contributed by atoms with van der Waals surface area (Å²) >= 11 is 0. The van der Waals surface area contributed by atoms with Crippen LogP contribution in [0.2, 0.25) is 0 Å². The van der Waals surface area contributed by atoms with Gasteiger partial charge in [0.1, 0.15) is 17.8 Å². The second-order valence-electron chi connectivity index (χ2n) is 10.3. The lowest BCUT2D eigenvalue weighted by Gasteiger charge is -2.22. The van der Waals surface area contributed by atoms with Crippen molar-refractivity contribution in [1.29, 1.82) is 0 Å². The molecular formula is C24H31FN8O2. The number of rotatable bonds is 6. The summed E-state index contributed by atoms with van der Waals surface area (Å²) < 4.78 is 22.4. The third-order valence-electron chi connectivity index (χ3n) is 7.57. The largest absolute Gasteiger partial charge is 0.443 e. The second kappa shape index (κ2) is 8.78. The van der Waals surface area contributed by atoms with E-state index in [1.807, 2.05) is 29.8 Å². The quantitative estimate of drug-likeness (QED) is 0.424. The number of nitrogens with one attached hydrogen (secondary N) is 4. The minimum Gasteiger partial charge on any atom is -0.443 e. The summed E-state index contributed by atoms with van der Waals surface area (Å²) in [5.41, 5.74) is 2.34. The molecule has 0 spiro atoms. The summed E-state index contributed by atoms with van der Waals surface area (Å²) in [5, 5.41) is 21.3. The van der Waals surface area contributed by atoms with Crippen LogP contribution in [0.1, 0.15) is 68.7 Å². The minimum atomic E-state index is -1.29. The Labute approximate surface area is 202 Å². The van der Waals surface area contributed by atoms with Gasteiger partial charge in [-0.2, -0.15) is 10.2 Å². The average molecular weight is 483 g/mol. The molecule has 1 saturated heterocycles. The summed E-state index contributed by atoms with van der Waals surface area (Å²) in [7, 11) is 0. The van der Waals surface area contributed by atoms with Gasteiger partial charge >= 0.3 is 6.09 Å². The standard InChI is InChI=1S/C24H31FN8O2/c1-24(7-8-24)30-23(34)35-19-3-2-15(21(19)25)16-12-20(32-31-16)29-22-18-6-11-27-33(18)13-17(28-22)14-4-9-26-10-5-14/h6,11-15,19,21,26H,2-5,7-10H2,1H3,(H,30,34)(H2,28,29,31,32)/t15-,19-,21-/m0/s1. The van der Waals surface area contributed by atoms with Gasteiger partial charge < -0.3 is 20.7 Å². The fraction of sp³-hybridized carbons (Fsp3) is 0.583. The molecule has 0 unspecified atom stereocenters. The van der Waals surface area contributed by atoms with Gasteiger partial charge in [0.25, 0.3) is 0 Å². The van der Waals surface area contributed by atoms with Gasteiger partial charge in [0, 0.05) is 29.1 Å². The number of carbonyl (C=O) groups excluding carboxylic acids is 1. The lowest BCUT2D eigenvalue weighted by molar-refractivity contribution is 0.0546. The number of ether oxygens (including phenoxy) is 1. The van der Waals surface area contributed by atoms with E-state index in [0.717, 1.165) is 50.0 Å². The van der Waals surface area contributed by atoms with Crippen molar-refractivity contribution in [1.82, 2.24) is 35.4 Å². The van der Waals surface area contributed by atoms with E-state index in [1.54, 1.807) is 6.20 Å². The maximum Gasteiger partial charge on any atom is 0.407 e. The Balaban J connectivity index is 1.15. The van der Waals surface area contributed by atoms with Crippen molar-refractivity contribution in [3.63, 3.8) is 0 Å². The number of alkyl carbamates (subject to hydrolysis) is 1. The fourth-order valence-corrected chi connectivity index (χ4v) is 5.16. The van der Waals surface area contributed by atoms with Crippen molar-refractivity contribution in [3.05, 3.63) is 35.9 Å². The Bertz CT molecular complexity index is 1220. The van der Waals surface area contributed by atoms with Gasteiger partial charge in [-0.3, -0.25) is 5.10 Å². The average Bonchev–Trinajstić information content (AvgIpc) is 3.22. The molecule has 3 fully saturated rings. The summed E-state index contributed by atoms with van der Waals surface area (Å²) in [6.07, 6.45) is 6.16. The number of nitrogens with zero attached hydrogens (tertiary/aromatic N) is 4. The first-order chi connectivity index (χ1) is 17.0.